The molecule has 0 bridgehead atoms. The Balaban J connectivity index is 4.47. The van der Waals surface area contributed by atoms with Crippen LogP contribution in [0.3, 0.4) is 0 Å². The number of Topliss-reactive ketones (excluding diaryl/α,β-unsaturated/α-hetero) is 1. The molecule has 6 heteroatoms. The van der Waals surface area contributed by atoms with Crippen LogP contribution in [0.2, 0.25) is 0 Å². The van der Waals surface area contributed by atoms with E-state index in [4.69, 9.17) is 9.84 Å². The number of carboxylic acid groups (broad SMARTS) is 1. The maximum absolute atomic E-state index is 11.8. The quantitative estimate of drug-likeness (QED) is 0.542. The van der Waals surface area contributed by atoms with Gasteiger partial charge < -0.3 is 14.3 Å². The Morgan fingerprint density at radius 2 is 1.62 bits per heavy atom. The number of likely N-dealkylation sites (N-methyl/N-ethyl adjacent to an activating group) is 1. The molecule has 0 radical (unpaired) electrons. The fourth-order valence-electron chi connectivity index (χ4n) is 1.78. The molecule has 0 spiro atoms. The second-order valence-corrected chi connectivity index (χ2v) is 7.36. The zero-order valence-electron chi connectivity index (χ0n) is 13.9. The van der Waals surface area contributed by atoms with Gasteiger partial charge in [0, 0.05) is 11.8 Å². The fourth-order valence-corrected chi connectivity index (χ4v) is 1.78. The third-order valence-corrected chi connectivity index (χ3v) is 2.84. The first kappa shape index (κ1) is 19.6. The zero-order valence-corrected chi connectivity index (χ0v) is 13.9. The molecule has 0 amide bonds. The number of esters is 1. The lowest BCUT2D eigenvalue weighted by atomic mass is 9.88. The van der Waals surface area contributed by atoms with Crippen molar-refractivity contribution in [3.63, 3.8) is 0 Å². The highest BCUT2D eigenvalue weighted by atomic mass is 16.5. The fraction of sp³-hybridized carbons (Fsp3) is 0.800. The molecule has 1 N–H and O–H groups in total. The van der Waals surface area contributed by atoms with E-state index in [0.29, 0.717) is 11.0 Å². The predicted octanol–water partition coefficient (Wildman–Crippen LogP) is 1.47. The Morgan fingerprint density at radius 3 is 2.00 bits per heavy atom. The highest BCUT2D eigenvalue weighted by Gasteiger charge is 2.26. The van der Waals surface area contributed by atoms with Crippen molar-refractivity contribution >= 4 is 17.7 Å². The number of hydrogen-bond acceptors (Lipinski definition) is 4. The van der Waals surface area contributed by atoms with Crippen LogP contribution in [0.5, 0.6) is 0 Å². The molecule has 6 nitrogen and oxygen atoms in total. The molecule has 122 valence electrons. The standard InChI is InChI=1S/C15H27NO5/c1-15(2,3)12(17)7-8-14(20)21-11(9-13(18)19)10-16(4,5)6/h11H,7-10H2,1-6H3/p+1/t11-/m1/s1. The van der Waals surface area contributed by atoms with Crippen molar-refractivity contribution in [2.24, 2.45) is 5.41 Å². The number of ketones is 1. The molecule has 0 aliphatic heterocycles. The van der Waals surface area contributed by atoms with E-state index in [9.17, 15) is 14.4 Å². The van der Waals surface area contributed by atoms with Gasteiger partial charge in [0.1, 0.15) is 12.3 Å². The third-order valence-electron chi connectivity index (χ3n) is 2.84. The van der Waals surface area contributed by atoms with E-state index in [0.717, 1.165) is 0 Å². The van der Waals surface area contributed by atoms with E-state index in [1.165, 1.54) is 0 Å². The lowest BCUT2D eigenvalue weighted by Gasteiger charge is -2.28. The zero-order chi connectivity index (χ0) is 16.8. The number of hydrogen-bond donors (Lipinski definition) is 1. The highest BCUT2D eigenvalue weighted by Crippen LogP contribution is 2.18. The van der Waals surface area contributed by atoms with Gasteiger partial charge in [-0.15, -0.1) is 0 Å². The lowest BCUT2D eigenvalue weighted by molar-refractivity contribution is -0.873. The van der Waals surface area contributed by atoms with Crippen molar-refractivity contribution in [1.29, 1.82) is 0 Å². The summed E-state index contributed by atoms with van der Waals surface area (Å²) in [7, 11) is 5.68. The van der Waals surface area contributed by atoms with Crippen molar-refractivity contribution in [2.45, 2.75) is 46.1 Å². The van der Waals surface area contributed by atoms with Gasteiger partial charge in [0.25, 0.3) is 0 Å². The van der Waals surface area contributed by atoms with Gasteiger partial charge in [-0.1, -0.05) is 20.8 Å². The number of nitrogens with zero attached hydrogens (tertiary/aromatic N) is 1. The molecular weight excluding hydrogens is 274 g/mol. The molecule has 21 heavy (non-hydrogen) atoms. The molecule has 0 aromatic heterocycles. The van der Waals surface area contributed by atoms with Crippen LogP contribution in [0.25, 0.3) is 0 Å². The van der Waals surface area contributed by atoms with Crippen LogP contribution in [0.4, 0.5) is 0 Å². The molecule has 0 saturated carbocycles. The van der Waals surface area contributed by atoms with Gasteiger partial charge in [-0.3, -0.25) is 14.4 Å². The Hall–Kier alpha value is -1.43. The summed E-state index contributed by atoms with van der Waals surface area (Å²) < 4.78 is 5.71. The Morgan fingerprint density at radius 1 is 1.10 bits per heavy atom. The summed E-state index contributed by atoms with van der Waals surface area (Å²) in [5, 5.41) is 8.87. The first-order valence-corrected chi connectivity index (χ1v) is 7.06. The van der Waals surface area contributed by atoms with Crippen molar-refractivity contribution in [3.05, 3.63) is 0 Å². The Bertz CT molecular complexity index is 390. The molecule has 0 fully saturated rings. The monoisotopic (exact) mass is 302 g/mol. The summed E-state index contributed by atoms with van der Waals surface area (Å²) >= 11 is 0. The number of rotatable bonds is 8. The largest absolute Gasteiger partial charge is 0.481 e. The summed E-state index contributed by atoms with van der Waals surface area (Å²) in [4.78, 5) is 34.4. The third kappa shape index (κ3) is 10.0. The van der Waals surface area contributed by atoms with Crippen molar-refractivity contribution in [3.8, 4) is 0 Å². The normalized spacial score (nSPS) is 13.6. The van der Waals surface area contributed by atoms with Gasteiger partial charge in [-0.2, -0.15) is 0 Å². The average Bonchev–Trinajstić information content (AvgIpc) is 2.20. The SMILES string of the molecule is CC(C)(C)C(=O)CCC(=O)O[C@H](CC(=O)O)C[N+](C)(C)C. The molecule has 0 aliphatic rings. The van der Waals surface area contributed by atoms with Crippen molar-refractivity contribution in [1.82, 2.24) is 0 Å². The minimum absolute atomic E-state index is 0.0106. The minimum Gasteiger partial charge on any atom is -0.481 e. The second-order valence-electron chi connectivity index (χ2n) is 7.36. The van der Waals surface area contributed by atoms with Crippen LogP contribution in [0.1, 0.15) is 40.0 Å². The molecule has 0 aliphatic carbocycles. The molecule has 0 aromatic rings. The van der Waals surface area contributed by atoms with Crippen LogP contribution in [0, 0.1) is 5.41 Å². The molecule has 0 unspecified atom stereocenters. The van der Waals surface area contributed by atoms with E-state index < -0.39 is 23.5 Å². The average molecular weight is 302 g/mol. The van der Waals surface area contributed by atoms with Gasteiger partial charge in [-0.25, -0.2) is 0 Å². The van der Waals surface area contributed by atoms with Crippen molar-refractivity contribution < 1.29 is 28.7 Å². The first-order valence-electron chi connectivity index (χ1n) is 7.06. The first-order chi connectivity index (χ1) is 9.31. The number of ether oxygens (including phenoxy) is 1. The molecule has 1 atom stereocenters. The van der Waals surface area contributed by atoms with Gasteiger partial charge in [0.15, 0.2) is 6.10 Å². The number of carboxylic acids is 1. The van der Waals surface area contributed by atoms with E-state index >= 15 is 0 Å². The molecule has 0 saturated heterocycles. The van der Waals surface area contributed by atoms with E-state index in [1.807, 2.05) is 21.1 Å². The molecule has 0 rings (SSSR count). The Labute approximate surface area is 126 Å². The second kappa shape index (κ2) is 7.54. The summed E-state index contributed by atoms with van der Waals surface area (Å²) in [5.41, 5.74) is -0.483. The number of carbonyl (C=O) groups is 3. The summed E-state index contributed by atoms with van der Waals surface area (Å²) in [6, 6.07) is 0. The summed E-state index contributed by atoms with van der Waals surface area (Å²) in [6.45, 7) is 5.80. The summed E-state index contributed by atoms with van der Waals surface area (Å²) in [5.74, 6) is -1.54. The molecule has 0 aromatic carbocycles. The lowest BCUT2D eigenvalue weighted by Crippen LogP contribution is -2.43. The smallest absolute Gasteiger partial charge is 0.307 e. The van der Waals surface area contributed by atoms with Crippen LogP contribution in [-0.2, 0) is 19.1 Å². The topological polar surface area (TPSA) is 80.7 Å². The van der Waals surface area contributed by atoms with Crippen LogP contribution in [-0.4, -0.2) is 61.1 Å². The van der Waals surface area contributed by atoms with Gasteiger partial charge in [0.2, 0.25) is 0 Å². The van der Waals surface area contributed by atoms with Gasteiger partial charge in [0.05, 0.1) is 34.0 Å². The predicted molar refractivity (Wildman–Crippen MR) is 78.7 cm³/mol. The maximum atomic E-state index is 11.8. The molecule has 0 heterocycles. The number of aliphatic carboxylic acids is 1. The minimum atomic E-state index is -1.01. The van der Waals surface area contributed by atoms with E-state index in [2.05, 4.69) is 0 Å². The maximum Gasteiger partial charge on any atom is 0.307 e. The van der Waals surface area contributed by atoms with Crippen LogP contribution < -0.4 is 0 Å². The van der Waals surface area contributed by atoms with Crippen molar-refractivity contribution in [2.75, 3.05) is 27.7 Å². The van der Waals surface area contributed by atoms with Gasteiger partial charge >= 0.3 is 11.9 Å². The highest BCUT2D eigenvalue weighted by molar-refractivity contribution is 5.86. The van der Waals surface area contributed by atoms with Crippen LogP contribution in [0.15, 0.2) is 0 Å². The number of quaternary nitrogens is 1. The van der Waals surface area contributed by atoms with E-state index in [-0.39, 0.29) is 25.0 Å². The van der Waals surface area contributed by atoms with E-state index in [1.54, 1.807) is 20.8 Å². The van der Waals surface area contributed by atoms with Gasteiger partial charge in [-0.05, 0) is 0 Å². The van der Waals surface area contributed by atoms with Crippen LogP contribution >= 0.6 is 0 Å². The molecular formula is C15H28NO5+. The summed E-state index contributed by atoms with van der Waals surface area (Å²) in [6.07, 6.45) is -0.801. The Kier molecular flexibility index (Phi) is 7.03. The number of carbonyl (C=O) groups excluding carboxylic acids is 2.